The van der Waals surface area contributed by atoms with Crippen LogP contribution in [0.5, 0.6) is 0 Å². The molecular formula is C21H32ClN3O4. The lowest BCUT2D eigenvalue weighted by Crippen LogP contribution is -2.55. The number of carbonyl (C=O) groups is 2. The third-order valence-electron chi connectivity index (χ3n) is 4.69. The van der Waals surface area contributed by atoms with Gasteiger partial charge in [-0.05, 0) is 37.3 Å². The molecule has 0 saturated carbocycles. The first-order valence-corrected chi connectivity index (χ1v) is 9.94. The molecule has 2 N–H and O–H groups in total. The van der Waals surface area contributed by atoms with Crippen molar-refractivity contribution in [3.63, 3.8) is 0 Å². The number of hydrogen-bond donors (Lipinski definition) is 1. The van der Waals surface area contributed by atoms with Gasteiger partial charge in [-0.1, -0.05) is 49.7 Å². The van der Waals surface area contributed by atoms with Crippen molar-refractivity contribution in [2.24, 2.45) is 16.3 Å². The second-order valence-corrected chi connectivity index (χ2v) is 8.21. The molecule has 0 aliphatic rings. The molecule has 1 amide bonds. The zero-order chi connectivity index (χ0) is 22.2. The molecule has 1 aromatic rings. The maximum atomic E-state index is 13.0. The summed E-state index contributed by atoms with van der Waals surface area (Å²) in [5, 5.41) is 4.64. The number of likely N-dealkylation sites (N-methyl/N-ethyl adjacent to an activating group) is 1. The third-order valence-corrected chi connectivity index (χ3v) is 4.92. The van der Waals surface area contributed by atoms with Crippen LogP contribution in [0.4, 0.5) is 0 Å². The van der Waals surface area contributed by atoms with E-state index in [1.54, 1.807) is 12.1 Å². The van der Waals surface area contributed by atoms with Crippen molar-refractivity contribution >= 4 is 29.2 Å². The predicted molar refractivity (Wildman–Crippen MR) is 115 cm³/mol. The summed E-state index contributed by atoms with van der Waals surface area (Å²) in [6, 6.07) is 5.67. The normalized spacial score (nSPS) is 14.1. The first kappa shape index (κ1) is 24.9. The van der Waals surface area contributed by atoms with Crippen LogP contribution < -0.4 is 5.73 Å². The van der Waals surface area contributed by atoms with Gasteiger partial charge in [0.2, 0.25) is 5.91 Å². The van der Waals surface area contributed by atoms with Gasteiger partial charge in [-0.2, -0.15) is 0 Å². The average molecular weight is 426 g/mol. The topological polar surface area (TPSA) is 94.2 Å². The Bertz CT molecular complexity index is 731. The lowest BCUT2D eigenvalue weighted by molar-refractivity contribution is -0.154. The van der Waals surface area contributed by atoms with E-state index >= 15 is 0 Å². The summed E-state index contributed by atoms with van der Waals surface area (Å²) in [6.07, 6.45) is 0.681. The largest absolute Gasteiger partial charge is 0.467 e. The second-order valence-electron chi connectivity index (χ2n) is 7.78. The lowest BCUT2D eigenvalue weighted by Gasteiger charge is -2.35. The number of methoxy groups -OCH3 is 1. The van der Waals surface area contributed by atoms with Gasteiger partial charge in [-0.25, -0.2) is 4.79 Å². The highest BCUT2D eigenvalue weighted by atomic mass is 35.5. The molecule has 0 heterocycles. The molecule has 1 rings (SSSR count). The highest BCUT2D eigenvalue weighted by Crippen LogP contribution is 2.22. The van der Waals surface area contributed by atoms with Crippen molar-refractivity contribution in [1.29, 1.82) is 0 Å². The highest BCUT2D eigenvalue weighted by molar-refractivity contribution is 6.31. The number of carbonyl (C=O) groups excluding carboxylic acids is 2. The summed E-state index contributed by atoms with van der Waals surface area (Å²) in [4.78, 5) is 31.9. The summed E-state index contributed by atoms with van der Waals surface area (Å²) in [6.45, 7) is 7.80. The van der Waals surface area contributed by atoms with Gasteiger partial charge in [0, 0.05) is 17.1 Å². The van der Waals surface area contributed by atoms with E-state index in [0.717, 1.165) is 5.56 Å². The Morgan fingerprint density at radius 3 is 2.41 bits per heavy atom. The summed E-state index contributed by atoms with van der Waals surface area (Å²) in [7, 11) is 2.75. The van der Waals surface area contributed by atoms with Gasteiger partial charge in [0.15, 0.2) is 0 Å². The molecule has 0 aromatic heterocycles. The van der Waals surface area contributed by atoms with E-state index in [2.05, 4.69) is 5.16 Å². The van der Waals surface area contributed by atoms with E-state index in [1.165, 1.54) is 19.1 Å². The minimum absolute atomic E-state index is 0.289. The number of oxime groups is 1. The van der Waals surface area contributed by atoms with Crippen LogP contribution in [0.15, 0.2) is 29.4 Å². The van der Waals surface area contributed by atoms with Gasteiger partial charge < -0.3 is 20.2 Å². The fourth-order valence-corrected chi connectivity index (χ4v) is 3.10. The predicted octanol–water partition coefficient (Wildman–Crippen LogP) is 3.23. The summed E-state index contributed by atoms with van der Waals surface area (Å²) in [5.41, 5.74) is 7.12. The van der Waals surface area contributed by atoms with E-state index in [9.17, 15) is 9.59 Å². The van der Waals surface area contributed by atoms with E-state index in [1.807, 2.05) is 39.8 Å². The number of esters is 1. The molecule has 8 heteroatoms. The van der Waals surface area contributed by atoms with Crippen molar-refractivity contribution in [2.75, 3.05) is 20.8 Å². The van der Waals surface area contributed by atoms with Crippen molar-refractivity contribution in [3.05, 3.63) is 34.9 Å². The lowest BCUT2D eigenvalue weighted by atomic mass is 9.86. The van der Waals surface area contributed by atoms with Crippen LogP contribution in [-0.2, 0) is 19.2 Å². The van der Waals surface area contributed by atoms with E-state index in [0.29, 0.717) is 30.1 Å². The molecule has 0 aliphatic heterocycles. The number of benzene rings is 1. The Kier molecular flexibility index (Phi) is 9.59. The fraction of sp³-hybridized carbons (Fsp3) is 0.571. The third kappa shape index (κ3) is 7.01. The summed E-state index contributed by atoms with van der Waals surface area (Å²) in [5.74, 6) is -0.785. The van der Waals surface area contributed by atoms with Crippen LogP contribution in [0.2, 0.25) is 5.02 Å². The summed E-state index contributed by atoms with van der Waals surface area (Å²) < 4.78 is 4.96. The fourth-order valence-electron chi connectivity index (χ4n) is 2.91. The standard InChI is InChI=1S/C21H32ClN3O4/c1-7-25(19(26)18(23)21(2,3)4)17(20(27)28-5)12-11-16(24-29-6)14-9-8-10-15(22)13-14/h8-10,13,17-18H,7,11-12,23H2,1-6H3/b24-16+. The Labute approximate surface area is 178 Å². The van der Waals surface area contributed by atoms with Gasteiger partial charge in [0.1, 0.15) is 13.2 Å². The number of ether oxygens (including phenoxy) is 1. The number of halogens is 1. The Morgan fingerprint density at radius 2 is 1.93 bits per heavy atom. The zero-order valence-electron chi connectivity index (χ0n) is 18.1. The van der Waals surface area contributed by atoms with Crippen molar-refractivity contribution < 1.29 is 19.2 Å². The van der Waals surface area contributed by atoms with Gasteiger partial charge in [0.25, 0.3) is 0 Å². The van der Waals surface area contributed by atoms with E-state index in [-0.39, 0.29) is 5.91 Å². The number of rotatable bonds is 9. The van der Waals surface area contributed by atoms with E-state index < -0.39 is 23.5 Å². The van der Waals surface area contributed by atoms with Crippen LogP contribution in [0.25, 0.3) is 0 Å². The molecule has 2 atom stereocenters. The van der Waals surface area contributed by atoms with Crippen molar-refractivity contribution in [3.8, 4) is 0 Å². The second kappa shape index (κ2) is 11.2. The average Bonchev–Trinajstić information content (AvgIpc) is 2.67. The SMILES string of the molecule is CCN(C(=O)C(N)C(C)(C)C)C(CC/C(=N\OC)c1cccc(Cl)c1)C(=O)OC. The molecule has 0 radical (unpaired) electrons. The molecule has 0 saturated heterocycles. The van der Waals surface area contributed by atoms with Gasteiger partial charge >= 0.3 is 5.97 Å². The van der Waals surface area contributed by atoms with Crippen molar-refractivity contribution in [2.45, 2.75) is 52.6 Å². The first-order valence-electron chi connectivity index (χ1n) is 9.56. The highest BCUT2D eigenvalue weighted by Gasteiger charge is 2.36. The molecule has 1 aromatic carbocycles. The monoisotopic (exact) mass is 425 g/mol. The van der Waals surface area contributed by atoms with Crippen molar-refractivity contribution in [1.82, 2.24) is 4.90 Å². The zero-order valence-corrected chi connectivity index (χ0v) is 18.8. The molecule has 162 valence electrons. The van der Waals surface area contributed by atoms with E-state index in [4.69, 9.17) is 26.9 Å². The molecule has 7 nitrogen and oxygen atoms in total. The minimum atomic E-state index is -0.785. The maximum Gasteiger partial charge on any atom is 0.328 e. The van der Waals surface area contributed by atoms with Crippen LogP contribution in [0.3, 0.4) is 0 Å². The molecule has 0 aliphatic carbocycles. The maximum absolute atomic E-state index is 13.0. The molecule has 0 spiro atoms. The first-order chi connectivity index (χ1) is 13.6. The van der Waals surface area contributed by atoms with Crippen LogP contribution >= 0.6 is 11.6 Å². The smallest absolute Gasteiger partial charge is 0.328 e. The van der Waals surface area contributed by atoms with Crippen LogP contribution in [0.1, 0.15) is 46.1 Å². The number of hydrogen-bond acceptors (Lipinski definition) is 6. The Morgan fingerprint density at radius 1 is 1.28 bits per heavy atom. The molecule has 0 fully saturated rings. The van der Waals surface area contributed by atoms with Gasteiger partial charge in [0.05, 0.1) is 18.9 Å². The van der Waals surface area contributed by atoms with Gasteiger partial charge in [-0.3, -0.25) is 4.79 Å². The quantitative estimate of drug-likeness (QED) is 0.372. The Hall–Kier alpha value is -2.12. The molecule has 2 unspecified atom stereocenters. The van der Waals surface area contributed by atoms with Crippen LogP contribution in [0, 0.1) is 5.41 Å². The molecule has 29 heavy (non-hydrogen) atoms. The number of nitrogens with zero attached hydrogens (tertiary/aromatic N) is 2. The number of nitrogens with two attached hydrogens (primary N) is 1. The van der Waals surface area contributed by atoms with Crippen LogP contribution in [-0.4, -0.2) is 55.3 Å². The molecule has 0 bridgehead atoms. The summed E-state index contributed by atoms with van der Waals surface area (Å²) >= 11 is 6.08. The molecular weight excluding hydrogens is 394 g/mol. The number of amides is 1. The Balaban J connectivity index is 3.12. The van der Waals surface area contributed by atoms with Gasteiger partial charge in [-0.15, -0.1) is 0 Å². The minimum Gasteiger partial charge on any atom is -0.467 e.